The minimum absolute atomic E-state index is 0.0690. The molecule has 4 nitrogen and oxygen atoms in total. The van der Waals surface area contributed by atoms with Crippen molar-refractivity contribution < 1.29 is 9.90 Å². The first-order valence-electron chi connectivity index (χ1n) is 4.98. The number of carbonyl (C=O) groups is 1. The van der Waals surface area contributed by atoms with Crippen LogP contribution in [0.1, 0.15) is 10.4 Å². The fourth-order valence-corrected chi connectivity index (χ4v) is 1.80. The van der Waals surface area contributed by atoms with Gasteiger partial charge in [-0.2, -0.15) is 0 Å². The molecule has 0 bridgehead atoms. The highest BCUT2D eigenvalue weighted by atomic mass is 35.5. The SMILES string of the molecule is O=C(O)c1cc(Cl)nc(Nc2cccc(Cl)c2)c1. The fraction of sp³-hybridized carbons (Fsp3) is 0. The maximum absolute atomic E-state index is 10.9. The number of nitrogens with one attached hydrogen (secondary N) is 1. The largest absolute Gasteiger partial charge is 0.478 e. The van der Waals surface area contributed by atoms with Gasteiger partial charge in [-0.15, -0.1) is 0 Å². The number of benzene rings is 1. The van der Waals surface area contributed by atoms with Crippen molar-refractivity contribution in [3.8, 4) is 0 Å². The summed E-state index contributed by atoms with van der Waals surface area (Å²) in [5.74, 6) is -0.712. The van der Waals surface area contributed by atoms with Gasteiger partial charge in [-0.3, -0.25) is 0 Å². The molecule has 0 saturated heterocycles. The van der Waals surface area contributed by atoms with Crippen molar-refractivity contribution in [2.75, 3.05) is 5.32 Å². The number of nitrogens with zero attached hydrogens (tertiary/aromatic N) is 1. The summed E-state index contributed by atoms with van der Waals surface area (Å²) in [5, 5.41) is 12.5. The van der Waals surface area contributed by atoms with Crippen molar-refractivity contribution >= 4 is 40.7 Å². The van der Waals surface area contributed by atoms with Gasteiger partial charge in [-0.25, -0.2) is 9.78 Å². The van der Waals surface area contributed by atoms with Gasteiger partial charge in [-0.1, -0.05) is 29.3 Å². The van der Waals surface area contributed by atoms with Gasteiger partial charge in [0, 0.05) is 10.7 Å². The van der Waals surface area contributed by atoms with Crippen LogP contribution in [-0.2, 0) is 0 Å². The maximum Gasteiger partial charge on any atom is 0.335 e. The Morgan fingerprint density at radius 2 is 2.00 bits per heavy atom. The number of aromatic carboxylic acids is 1. The van der Waals surface area contributed by atoms with E-state index in [9.17, 15) is 4.79 Å². The van der Waals surface area contributed by atoms with Crippen LogP contribution < -0.4 is 5.32 Å². The number of hydrogen-bond donors (Lipinski definition) is 2. The highest BCUT2D eigenvalue weighted by Gasteiger charge is 2.07. The van der Waals surface area contributed by atoms with E-state index in [4.69, 9.17) is 28.3 Å². The normalized spacial score (nSPS) is 10.1. The van der Waals surface area contributed by atoms with Crippen LogP contribution in [0.5, 0.6) is 0 Å². The van der Waals surface area contributed by atoms with Crippen molar-refractivity contribution in [3.63, 3.8) is 0 Å². The molecule has 0 aliphatic heterocycles. The van der Waals surface area contributed by atoms with Crippen LogP contribution >= 0.6 is 23.2 Å². The van der Waals surface area contributed by atoms with Gasteiger partial charge >= 0.3 is 5.97 Å². The molecule has 0 aliphatic rings. The van der Waals surface area contributed by atoms with Gasteiger partial charge in [0.15, 0.2) is 0 Å². The summed E-state index contributed by atoms with van der Waals surface area (Å²) in [6.07, 6.45) is 0. The van der Waals surface area contributed by atoms with E-state index >= 15 is 0 Å². The lowest BCUT2D eigenvalue weighted by molar-refractivity contribution is 0.0697. The molecule has 0 saturated carbocycles. The Bertz CT molecular complexity index is 602. The summed E-state index contributed by atoms with van der Waals surface area (Å²) in [4.78, 5) is 14.9. The van der Waals surface area contributed by atoms with E-state index in [1.165, 1.54) is 12.1 Å². The molecule has 0 amide bonds. The van der Waals surface area contributed by atoms with Crippen molar-refractivity contribution in [3.05, 3.63) is 52.1 Å². The lowest BCUT2D eigenvalue weighted by atomic mass is 10.2. The van der Waals surface area contributed by atoms with E-state index in [1.54, 1.807) is 24.3 Å². The summed E-state index contributed by atoms with van der Waals surface area (Å²) in [5.41, 5.74) is 0.771. The van der Waals surface area contributed by atoms with E-state index in [2.05, 4.69) is 10.3 Å². The number of anilines is 2. The second-order valence-corrected chi connectivity index (χ2v) is 4.33. The monoisotopic (exact) mass is 282 g/mol. The highest BCUT2D eigenvalue weighted by molar-refractivity contribution is 6.31. The van der Waals surface area contributed by atoms with Gasteiger partial charge in [0.25, 0.3) is 0 Å². The van der Waals surface area contributed by atoms with Crippen molar-refractivity contribution in [2.45, 2.75) is 0 Å². The zero-order valence-electron chi connectivity index (χ0n) is 9.02. The first kappa shape index (κ1) is 12.7. The predicted octanol–water partition coefficient (Wildman–Crippen LogP) is 3.83. The number of carboxylic acid groups (broad SMARTS) is 1. The van der Waals surface area contributed by atoms with Crippen LogP contribution in [0, 0.1) is 0 Å². The topological polar surface area (TPSA) is 62.2 Å². The number of hydrogen-bond acceptors (Lipinski definition) is 3. The molecular formula is C12H8Cl2N2O2. The van der Waals surface area contributed by atoms with E-state index < -0.39 is 5.97 Å². The molecule has 0 unspecified atom stereocenters. The van der Waals surface area contributed by atoms with E-state index in [1.807, 2.05) is 0 Å². The van der Waals surface area contributed by atoms with Crippen molar-refractivity contribution in [1.29, 1.82) is 0 Å². The Balaban J connectivity index is 2.31. The first-order chi connectivity index (χ1) is 8.54. The third-order valence-electron chi connectivity index (χ3n) is 2.14. The predicted molar refractivity (Wildman–Crippen MR) is 70.9 cm³/mol. The maximum atomic E-state index is 10.9. The lowest BCUT2D eigenvalue weighted by Crippen LogP contribution is -2.00. The summed E-state index contributed by atoms with van der Waals surface area (Å²) in [6, 6.07) is 9.68. The molecule has 1 heterocycles. The molecule has 0 atom stereocenters. The van der Waals surface area contributed by atoms with Gasteiger partial charge in [0.1, 0.15) is 11.0 Å². The summed E-state index contributed by atoms with van der Waals surface area (Å²) >= 11 is 11.6. The van der Waals surface area contributed by atoms with Crippen molar-refractivity contribution in [1.82, 2.24) is 4.98 Å². The molecule has 0 spiro atoms. The van der Waals surface area contributed by atoms with Crippen molar-refractivity contribution in [2.24, 2.45) is 0 Å². The molecule has 1 aromatic carbocycles. The minimum atomic E-state index is -1.06. The van der Waals surface area contributed by atoms with Gasteiger partial charge < -0.3 is 10.4 Å². The summed E-state index contributed by atoms with van der Waals surface area (Å²) < 4.78 is 0. The Kier molecular flexibility index (Phi) is 3.69. The highest BCUT2D eigenvalue weighted by Crippen LogP contribution is 2.21. The molecule has 6 heteroatoms. The molecule has 0 fully saturated rings. The number of rotatable bonds is 3. The Labute approximate surface area is 113 Å². The molecule has 2 N–H and O–H groups in total. The quantitative estimate of drug-likeness (QED) is 0.840. The zero-order valence-corrected chi connectivity index (χ0v) is 10.5. The fourth-order valence-electron chi connectivity index (χ4n) is 1.40. The Morgan fingerprint density at radius 3 is 2.67 bits per heavy atom. The number of carboxylic acids is 1. The smallest absolute Gasteiger partial charge is 0.335 e. The zero-order chi connectivity index (χ0) is 13.1. The summed E-state index contributed by atoms with van der Waals surface area (Å²) in [7, 11) is 0. The van der Waals surface area contributed by atoms with Crippen LogP contribution in [0.15, 0.2) is 36.4 Å². The Morgan fingerprint density at radius 1 is 1.22 bits per heavy atom. The minimum Gasteiger partial charge on any atom is -0.478 e. The van der Waals surface area contributed by atoms with E-state index in [-0.39, 0.29) is 10.7 Å². The number of pyridine rings is 1. The van der Waals surface area contributed by atoms with E-state index in [0.717, 1.165) is 0 Å². The first-order valence-corrected chi connectivity index (χ1v) is 5.73. The number of halogens is 2. The van der Waals surface area contributed by atoms with Crippen LogP contribution in [0.2, 0.25) is 10.2 Å². The summed E-state index contributed by atoms with van der Waals surface area (Å²) in [6.45, 7) is 0. The molecule has 0 radical (unpaired) electrons. The van der Waals surface area contributed by atoms with Crippen LogP contribution in [-0.4, -0.2) is 16.1 Å². The molecule has 1 aromatic heterocycles. The molecule has 2 aromatic rings. The number of aromatic nitrogens is 1. The van der Waals surface area contributed by atoms with Crippen LogP contribution in [0.3, 0.4) is 0 Å². The third-order valence-corrected chi connectivity index (χ3v) is 2.57. The molecule has 92 valence electrons. The van der Waals surface area contributed by atoms with Crippen LogP contribution in [0.4, 0.5) is 11.5 Å². The second-order valence-electron chi connectivity index (χ2n) is 3.50. The van der Waals surface area contributed by atoms with Gasteiger partial charge in [0.2, 0.25) is 0 Å². The van der Waals surface area contributed by atoms with Crippen LogP contribution in [0.25, 0.3) is 0 Å². The Hall–Kier alpha value is -1.78. The molecule has 0 aliphatic carbocycles. The standard InChI is InChI=1S/C12H8Cl2N2O2/c13-8-2-1-3-9(6-8)15-11-5-7(12(17)18)4-10(14)16-11/h1-6H,(H,15,16)(H,17,18). The average molecular weight is 283 g/mol. The molecular weight excluding hydrogens is 275 g/mol. The lowest BCUT2D eigenvalue weighted by Gasteiger charge is -2.07. The second kappa shape index (κ2) is 5.25. The molecule has 2 rings (SSSR count). The van der Waals surface area contributed by atoms with E-state index in [0.29, 0.717) is 16.5 Å². The van der Waals surface area contributed by atoms with Gasteiger partial charge in [0.05, 0.1) is 5.56 Å². The molecule has 18 heavy (non-hydrogen) atoms. The van der Waals surface area contributed by atoms with Gasteiger partial charge in [-0.05, 0) is 30.3 Å². The third kappa shape index (κ3) is 3.12. The average Bonchev–Trinajstić information content (AvgIpc) is 2.28.